The molecule has 0 aromatic carbocycles. The van der Waals surface area contributed by atoms with Gasteiger partial charge < -0.3 is 31.5 Å². The number of pyridine rings is 1. The summed E-state index contributed by atoms with van der Waals surface area (Å²) in [6, 6.07) is -0.222. The van der Waals surface area contributed by atoms with E-state index in [-0.39, 0.29) is 41.5 Å². The Morgan fingerprint density at radius 3 is 2.11 bits per heavy atom. The highest BCUT2D eigenvalue weighted by Crippen LogP contribution is 2.34. The summed E-state index contributed by atoms with van der Waals surface area (Å²) in [5, 5.41) is 24.3. The molecule has 5 atom stereocenters. The minimum atomic E-state index is -0.796. The lowest BCUT2D eigenvalue weighted by Gasteiger charge is -2.32. The van der Waals surface area contributed by atoms with Gasteiger partial charge in [0.25, 0.3) is 5.91 Å². The molecule has 1 fully saturated rings. The van der Waals surface area contributed by atoms with Crippen LogP contribution in [0.3, 0.4) is 0 Å². The molecule has 5 amide bonds. The van der Waals surface area contributed by atoms with Crippen molar-refractivity contribution in [3.63, 3.8) is 0 Å². The van der Waals surface area contributed by atoms with Crippen LogP contribution in [-0.4, -0.2) is 90.0 Å². The molecule has 0 saturated heterocycles. The number of aromatic nitrogens is 1. The van der Waals surface area contributed by atoms with Gasteiger partial charge in [-0.2, -0.15) is 0 Å². The highest BCUT2D eigenvalue weighted by Gasteiger charge is 2.36. The lowest BCUT2D eigenvalue weighted by molar-refractivity contribution is -0.904. The van der Waals surface area contributed by atoms with E-state index in [0.717, 1.165) is 17.6 Å². The second-order valence-electron chi connectivity index (χ2n) is 13.5. The zero-order valence-corrected chi connectivity index (χ0v) is 29.5. The molecule has 47 heavy (non-hydrogen) atoms. The van der Waals surface area contributed by atoms with Crippen molar-refractivity contribution in [3.8, 4) is 0 Å². The molecule has 0 spiro atoms. The van der Waals surface area contributed by atoms with Crippen LogP contribution in [-0.2, 0) is 19.2 Å². The van der Waals surface area contributed by atoms with E-state index < -0.39 is 30.1 Å². The van der Waals surface area contributed by atoms with E-state index in [1.54, 1.807) is 14.0 Å². The number of carbonyl (C=O) groups is 5. The van der Waals surface area contributed by atoms with E-state index >= 15 is 0 Å². The van der Waals surface area contributed by atoms with E-state index in [4.69, 9.17) is 0 Å². The Bertz CT molecular complexity index is 1190. The molecular weight excluding hydrogens is 602 g/mol. The first-order chi connectivity index (χ1) is 22.2. The minimum absolute atomic E-state index is 0.0926. The van der Waals surface area contributed by atoms with Gasteiger partial charge in [-0.25, -0.2) is 0 Å². The molecule has 6 N–H and O–H groups in total. The Morgan fingerprint density at radius 2 is 1.57 bits per heavy atom. The van der Waals surface area contributed by atoms with Crippen LogP contribution in [0.5, 0.6) is 0 Å². The van der Waals surface area contributed by atoms with Crippen molar-refractivity contribution < 1.29 is 33.9 Å². The fourth-order valence-corrected chi connectivity index (χ4v) is 5.46. The normalized spacial score (nSPS) is 16.0. The predicted molar refractivity (Wildman–Crippen MR) is 178 cm³/mol. The zero-order valence-electron chi connectivity index (χ0n) is 29.5. The molecule has 1 heterocycles. The Morgan fingerprint density at radius 1 is 0.936 bits per heavy atom. The molecule has 1 aromatic heterocycles. The van der Waals surface area contributed by atoms with Crippen LogP contribution in [0.4, 0.5) is 0 Å². The van der Waals surface area contributed by atoms with Gasteiger partial charge in [-0.15, -0.1) is 0 Å². The fourth-order valence-electron chi connectivity index (χ4n) is 5.46. The van der Waals surface area contributed by atoms with Crippen LogP contribution in [0.15, 0.2) is 24.5 Å². The number of nitrogens with zero attached hydrogens (tertiary/aromatic N) is 2. The van der Waals surface area contributed by atoms with Crippen molar-refractivity contribution in [2.45, 2.75) is 117 Å². The van der Waals surface area contributed by atoms with Gasteiger partial charge in [-0.3, -0.25) is 29.2 Å². The number of likely N-dealkylation sites (N-methyl/N-ethyl adjacent to an activating group) is 2. The maximum Gasteiger partial charge on any atom is 0.252 e. The number of rotatable bonds is 20. The molecule has 0 bridgehead atoms. The van der Waals surface area contributed by atoms with Crippen molar-refractivity contribution in [1.82, 2.24) is 31.5 Å². The first kappa shape index (κ1) is 39.4. The van der Waals surface area contributed by atoms with Crippen LogP contribution in [0.25, 0.3) is 0 Å². The minimum Gasteiger partial charge on any atom is -0.355 e. The second-order valence-corrected chi connectivity index (χ2v) is 13.5. The van der Waals surface area contributed by atoms with E-state index in [1.807, 2.05) is 41.5 Å². The molecule has 0 radical (unpaired) electrons. The van der Waals surface area contributed by atoms with Crippen molar-refractivity contribution in [2.75, 3.05) is 20.1 Å². The third-order valence-electron chi connectivity index (χ3n) is 8.39. The summed E-state index contributed by atoms with van der Waals surface area (Å²) < 4.78 is 0.833. The van der Waals surface area contributed by atoms with Gasteiger partial charge in [-0.05, 0) is 50.9 Å². The number of hydrogen-bond acceptors (Lipinski definition) is 7. The maximum atomic E-state index is 13.8. The summed E-state index contributed by atoms with van der Waals surface area (Å²) in [4.78, 5) is 67.5. The molecule has 2 rings (SSSR count). The van der Waals surface area contributed by atoms with Crippen LogP contribution in [0.2, 0.25) is 0 Å². The first-order valence-electron chi connectivity index (χ1n) is 17.1. The van der Waals surface area contributed by atoms with Crippen LogP contribution < -0.4 is 31.3 Å². The fraction of sp³-hybridized carbons (Fsp3) is 0.706. The van der Waals surface area contributed by atoms with Gasteiger partial charge in [-0.1, -0.05) is 53.9 Å². The summed E-state index contributed by atoms with van der Waals surface area (Å²) in [6.07, 6.45) is 6.87. The van der Waals surface area contributed by atoms with Gasteiger partial charge in [0.05, 0.1) is 11.6 Å². The Labute approximate surface area is 280 Å². The van der Waals surface area contributed by atoms with Crippen LogP contribution in [0.1, 0.15) is 97.3 Å². The van der Waals surface area contributed by atoms with E-state index in [2.05, 4.69) is 26.6 Å². The molecule has 13 nitrogen and oxygen atoms in total. The Balaban J connectivity index is 2.11. The molecule has 13 heteroatoms. The maximum absolute atomic E-state index is 13.8. The molecule has 3 unspecified atom stereocenters. The lowest BCUT2D eigenvalue weighted by Crippen LogP contribution is -2.57. The number of carbonyl (C=O) groups excluding carboxylic acids is 5. The van der Waals surface area contributed by atoms with E-state index in [1.165, 1.54) is 29.4 Å². The summed E-state index contributed by atoms with van der Waals surface area (Å²) >= 11 is 0. The SMILES string of the molecule is CCC[C@@H](C(=O)NC(CN[C@@H](C)C(=O)NC(C(=O)NCC)C(C)C)CC(C)C)N(C)C(=O)C(CC1CC1)NC(=O)c1cc[n+](O)cc1. The average Bonchev–Trinajstić information content (AvgIpc) is 3.83. The van der Waals surface area contributed by atoms with Crippen LogP contribution in [0, 0.1) is 17.8 Å². The summed E-state index contributed by atoms with van der Waals surface area (Å²) in [5.74, 6) is -1.11. The number of nitrogens with one attached hydrogen (secondary N) is 5. The first-order valence-corrected chi connectivity index (χ1v) is 17.1. The van der Waals surface area contributed by atoms with E-state index in [0.29, 0.717) is 50.3 Å². The van der Waals surface area contributed by atoms with Crippen LogP contribution >= 0.6 is 0 Å². The molecule has 1 saturated carbocycles. The highest BCUT2D eigenvalue weighted by atomic mass is 16.5. The Hall–Kier alpha value is -3.74. The average molecular weight is 661 g/mol. The standard InChI is InChI=1S/C34H57N7O6/c1-9-11-28(40(8)34(46)27(19-24-12-13-24)38-31(43)25-14-16-41(47)17-15-25)32(44)37-26(18-21(3)4)20-36-23(7)30(42)39-29(22(5)6)33(45)35-10-2/h14-17,21-24,26-29,36H,9-13,18-20H2,1-8H3,(H4-,35,37,38,39,42,43,44,45,47)/p+1/t23-,26?,27?,28-,29?/m0/s1. The van der Waals surface area contributed by atoms with Crippen molar-refractivity contribution in [2.24, 2.45) is 17.8 Å². The van der Waals surface area contributed by atoms with E-state index in [9.17, 15) is 29.2 Å². The predicted octanol–water partition coefficient (Wildman–Crippen LogP) is 1.52. The second kappa shape index (κ2) is 19.2. The third-order valence-corrected chi connectivity index (χ3v) is 8.39. The Kier molecular flexibility index (Phi) is 16.1. The molecule has 0 aliphatic heterocycles. The molecule has 1 aromatic rings. The summed E-state index contributed by atoms with van der Waals surface area (Å²) in [6.45, 7) is 14.1. The van der Waals surface area contributed by atoms with Crippen molar-refractivity contribution in [1.29, 1.82) is 0 Å². The quantitative estimate of drug-likeness (QED) is 0.0909. The van der Waals surface area contributed by atoms with Crippen molar-refractivity contribution in [3.05, 3.63) is 30.1 Å². The lowest BCUT2D eigenvalue weighted by atomic mass is 10.0. The summed E-state index contributed by atoms with van der Waals surface area (Å²) in [7, 11) is 1.60. The van der Waals surface area contributed by atoms with Gasteiger partial charge >= 0.3 is 0 Å². The number of amides is 5. The van der Waals surface area contributed by atoms with Gasteiger partial charge in [0.1, 0.15) is 18.1 Å². The summed E-state index contributed by atoms with van der Waals surface area (Å²) in [5.41, 5.74) is 0.310. The van der Waals surface area contributed by atoms with Crippen molar-refractivity contribution >= 4 is 29.5 Å². The van der Waals surface area contributed by atoms with Gasteiger partial charge in [0.2, 0.25) is 36.0 Å². The highest BCUT2D eigenvalue weighted by molar-refractivity contribution is 5.98. The van der Waals surface area contributed by atoms with Gasteiger partial charge in [0, 0.05) is 43.0 Å². The molecule has 264 valence electrons. The molecular formula is C34H58N7O6+. The monoisotopic (exact) mass is 660 g/mol. The number of hydrogen-bond donors (Lipinski definition) is 6. The molecule has 1 aliphatic carbocycles. The topological polar surface area (TPSA) is 173 Å². The smallest absolute Gasteiger partial charge is 0.252 e. The van der Waals surface area contributed by atoms with Gasteiger partial charge in [0.15, 0.2) is 0 Å². The molecule has 1 aliphatic rings. The zero-order chi connectivity index (χ0) is 35.3. The third kappa shape index (κ3) is 13.1. The largest absolute Gasteiger partial charge is 0.355 e.